The molecule has 4 heterocycles. The van der Waals surface area contributed by atoms with Gasteiger partial charge in [0.25, 0.3) is 0 Å². The van der Waals surface area contributed by atoms with Crippen LogP contribution in [0.3, 0.4) is 0 Å². The summed E-state index contributed by atoms with van der Waals surface area (Å²) in [5.41, 5.74) is 6.72. The summed E-state index contributed by atoms with van der Waals surface area (Å²) in [5, 5.41) is 8.98. The highest BCUT2D eigenvalue weighted by Crippen LogP contribution is 2.50. The number of hydrogen-bond donors (Lipinski definition) is 3. The number of dihydropyridines is 1. The number of rotatable bonds is 5. The molecule has 1 aromatic rings. The van der Waals surface area contributed by atoms with Crippen LogP contribution in [0, 0.1) is 0 Å². The van der Waals surface area contributed by atoms with Crippen molar-refractivity contribution < 1.29 is 9.53 Å². The first kappa shape index (κ1) is 14.9. The van der Waals surface area contributed by atoms with E-state index in [9.17, 15) is 4.79 Å². The molecule has 3 aliphatic rings. The topological polar surface area (TPSA) is 79.7 Å². The SMILES string of the molecule is NC(=O)C1=CC(NC2O[C@@H]2C2=CCC(c3cccs3)S2)=CNC1. The Balaban J connectivity index is 1.33. The van der Waals surface area contributed by atoms with Gasteiger partial charge in [-0.1, -0.05) is 12.1 Å². The fourth-order valence-corrected chi connectivity index (χ4v) is 4.96. The molecule has 3 atom stereocenters. The smallest absolute Gasteiger partial charge is 0.246 e. The van der Waals surface area contributed by atoms with Gasteiger partial charge in [0.05, 0.1) is 5.70 Å². The van der Waals surface area contributed by atoms with Gasteiger partial charge in [-0.2, -0.15) is 0 Å². The van der Waals surface area contributed by atoms with Crippen molar-refractivity contribution in [3.05, 3.63) is 56.9 Å². The highest BCUT2D eigenvalue weighted by Gasteiger charge is 2.44. The number of carbonyl (C=O) groups is 1. The molecule has 1 aromatic heterocycles. The van der Waals surface area contributed by atoms with E-state index in [2.05, 4.69) is 34.2 Å². The lowest BCUT2D eigenvalue weighted by molar-refractivity contribution is -0.114. The standard InChI is InChI=1S/C16H17N3O2S2/c17-15(20)9-6-10(8-18-7-9)19-16-14(21-16)13-4-3-12(23-13)11-2-1-5-22-11/h1-2,4-6,8,12,14,16,18-19H,3,7H2,(H2,17,20)/t12?,14-,16?/m1/s1. The van der Waals surface area contributed by atoms with Crippen molar-refractivity contribution in [1.29, 1.82) is 0 Å². The summed E-state index contributed by atoms with van der Waals surface area (Å²) >= 11 is 3.70. The van der Waals surface area contributed by atoms with Crippen LogP contribution < -0.4 is 16.4 Å². The Bertz CT molecular complexity index is 709. The van der Waals surface area contributed by atoms with E-state index >= 15 is 0 Å². The minimum atomic E-state index is -0.397. The van der Waals surface area contributed by atoms with E-state index in [1.165, 1.54) is 9.78 Å². The van der Waals surface area contributed by atoms with Crippen LogP contribution >= 0.6 is 23.1 Å². The molecule has 0 bridgehead atoms. The molecule has 4 N–H and O–H groups in total. The Labute approximate surface area is 142 Å². The maximum Gasteiger partial charge on any atom is 0.246 e. The summed E-state index contributed by atoms with van der Waals surface area (Å²) in [5.74, 6) is -0.397. The number of epoxide rings is 1. The van der Waals surface area contributed by atoms with Crippen molar-refractivity contribution in [2.45, 2.75) is 24.0 Å². The number of nitrogens with one attached hydrogen (secondary N) is 2. The van der Waals surface area contributed by atoms with Crippen LogP contribution in [0.1, 0.15) is 16.5 Å². The number of hydrogen-bond acceptors (Lipinski definition) is 6. The fraction of sp³-hybridized carbons (Fsp3) is 0.312. The highest BCUT2D eigenvalue weighted by molar-refractivity contribution is 8.03. The number of thiophene rings is 1. The Kier molecular flexibility index (Phi) is 3.92. The van der Waals surface area contributed by atoms with Gasteiger partial charge >= 0.3 is 0 Å². The van der Waals surface area contributed by atoms with Gasteiger partial charge in [-0.3, -0.25) is 4.79 Å². The molecule has 0 aliphatic carbocycles. The molecule has 1 saturated heterocycles. The highest BCUT2D eigenvalue weighted by atomic mass is 32.2. The first-order valence-electron chi connectivity index (χ1n) is 7.47. The third-order valence-electron chi connectivity index (χ3n) is 3.95. The van der Waals surface area contributed by atoms with Gasteiger partial charge in [0.2, 0.25) is 5.91 Å². The monoisotopic (exact) mass is 347 g/mol. The van der Waals surface area contributed by atoms with E-state index in [4.69, 9.17) is 10.5 Å². The van der Waals surface area contributed by atoms with Crippen molar-refractivity contribution >= 4 is 29.0 Å². The lowest BCUT2D eigenvalue weighted by atomic mass is 10.1. The number of thioether (sulfide) groups is 1. The number of carbonyl (C=O) groups excluding carboxylic acids is 1. The van der Waals surface area contributed by atoms with Crippen LogP contribution in [-0.4, -0.2) is 24.8 Å². The molecule has 4 rings (SSSR count). The van der Waals surface area contributed by atoms with Gasteiger partial charge in [0, 0.05) is 33.4 Å². The lowest BCUT2D eigenvalue weighted by Crippen LogP contribution is -2.29. The van der Waals surface area contributed by atoms with Crippen molar-refractivity contribution in [1.82, 2.24) is 10.6 Å². The zero-order valence-corrected chi connectivity index (χ0v) is 14.0. The lowest BCUT2D eigenvalue weighted by Gasteiger charge is -2.14. The number of ether oxygens (including phenoxy) is 1. The third kappa shape index (κ3) is 3.17. The largest absolute Gasteiger partial charge is 0.385 e. The second-order valence-electron chi connectivity index (χ2n) is 5.60. The minimum Gasteiger partial charge on any atom is -0.385 e. The zero-order valence-electron chi connectivity index (χ0n) is 12.3. The van der Waals surface area contributed by atoms with E-state index in [1.807, 2.05) is 29.3 Å². The molecule has 1 fully saturated rings. The molecule has 0 radical (unpaired) electrons. The average molecular weight is 347 g/mol. The van der Waals surface area contributed by atoms with Crippen molar-refractivity contribution in [3.63, 3.8) is 0 Å². The van der Waals surface area contributed by atoms with Gasteiger partial charge in [-0.05, 0) is 23.9 Å². The Morgan fingerprint density at radius 3 is 3.17 bits per heavy atom. The number of allylic oxidation sites excluding steroid dienone is 2. The van der Waals surface area contributed by atoms with Gasteiger partial charge in [-0.25, -0.2) is 0 Å². The fourth-order valence-electron chi connectivity index (χ4n) is 2.71. The average Bonchev–Trinajstić information content (AvgIpc) is 2.99. The van der Waals surface area contributed by atoms with Gasteiger partial charge in [-0.15, -0.1) is 23.1 Å². The normalized spacial score (nSPS) is 29.2. The van der Waals surface area contributed by atoms with Crippen LogP contribution in [0.5, 0.6) is 0 Å². The van der Waals surface area contributed by atoms with E-state index in [0.29, 0.717) is 17.4 Å². The van der Waals surface area contributed by atoms with Crippen LogP contribution in [0.15, 0.2) is 52.0 Å². The quantitative estimate of drug-likeness (QED) is 0.710. The first-order valence-corrected chi connectivity index (χ1v) is 9.22. The Morgan fingerprint density at radius 2 is 2.39 bits per heavy atom. The van der Waals surface area contributed by atoms with Crippen LogP contribution in [0.25, 0.3) is 0 Å². The Hall–Kier alpha value is -1.70. The summed E-state index contributed by atoms with van der Waals surface area (Å²) in [6.07, 6.45) is 7.03. The van der Waals surface area contributed by atoms with E-state index in [-0.39, 0.29) is 12.3 Å². The molecule has 3 aliphatic heterocycles. The predicted molar refractivity (Wildman–Crippen MR) is 92.5 cm³/mol. The minimum absolute atomic E-state index is 0.0348. The molecule has 0 aromatic carbocycles. The summed E-state index contributed by atoms with van der Waals surface area (Å²) < 4.78 is 5.75. The summed E-state index contributed by atoms with van der Waals surface area (Å²) in [6.45, 7) is 0.471. The molecule has 2 unspecified atom stereocenters. The van der Waals surface area contributed by atoms with E-state index in [0.717, 1.165) is 12.1 Å². The van der Waals surface area contributed by atoms with Gasteiger partial charge in [0.15, 0.2) is 6.23 Å². The molecule has 5 nitrogen and oxygen atoms in total. The van der Waals surface area contributed by atoms with Crippen molar-refractivity contribution in [2.24, 2.45) is 5.73 Å². The molecular formula is C16H17N3O2S2. The molecule has 120 valence electrons. The Morgan fingerprint density at radius 1 is 1.48 bits per heavy atom. The second kappa shape index (κ2) is 6.07. The third-order valence-corrected chi connectivity index (χ3v) is 6.49. The van der Waals surface area contributed by atoms with Gasteiger partial charge in [0.1, 0.15) is 6.10 Å². The van der Waals surface area contributed by atoms with Crippen molar-refractivity contribution in [3.8, 4) is 0 Å². The molecule has 0 saturated carbocycles. The zero-order chi connectivity index (χ0) is 15.8. The number of nitrogens with two attached hydrogens (primary N) is 1. The first-order chi connectivity index (χ1) is 11.2. The molecule has 7 heteroatoms. The summed E-state index contributed by atoms with van der Waals surface area (Å²) in [7, 11) is 0. The maximum atomic E-state index is 11.2. The van der Waals surface area contributed by atoms with Crippen LogP contribution in [-0.2, 0) is 9.53 Å². The molecular weight excluding hydrogens is 330 g/mol. The number of primary amides is 1. The summed E-state index contributed by atoms with van der Waals surface area (Å²) in [4.78, 5) is 14.0. The van der Waals surface area contributed by atoms with Crippen LogP contribution in [0.2, 0.25) is 0 Å². The predicted octanol–water partition coefficient (Wildman–Crippen LogP) is 1.98. The molecule has 0 spiro atoms. The van der Waals surface area contributed by atoms with Gasteiger partial charge < -0.3 is 21.1 Å². The number of amides is 1. The molecule has 1 amide bonds. The van der Waals surface area contributed by atoms with E-state index in [1.54, 1.807) is 6.08 Å². The van der Waals surface area contributed by atoms with E-state index < -0.39 is 5.91 Å². The van der Waals surface area contributed by atoms with Crippen LogP contribution in [0.4, 0.5) is 0 Å². The van der Waals surface area contributed by atoms with Crippen molar-refractivity contribution in [2.75, 3.05) is 6.54 Å². The summed E-state index contributed by atoms with van der Waals surface area (Å²) in [6, 6.07) is 4.29. The second-order valence-corrected chi connectivity index (χ2v) is 7.86. The molecule has 23 heavy (non-hydrogen) atoms. The maximum absolute atomic E-state index is 11.2.